The van der Waals surface area contributed by atoms with Crippen molar-refractivity contribution < 1.29 is 0 Å². The summed E-state index contributed by atoms with van der Waals surface area (Å²) in [4.78, 5) is 0. The van der Waals surface area contributed by atoms with Crippen molar-refractivity contribution in [3.8, 4) is 0 Å². The van der Waals surface area contributed by atoms with Gasteiger partial charge in [-0.05, 0) is 5.92 Å². The molecule has 0 saturated carbocycles. The van der Waals surface area contributed by atoms with E-state index in [1.807, 2.05) is 0 Å². The molecule has 0 N–H and O–H groups in total. The molecule has 0 aromatic heterocycles. The lowest BCUT2D eigenvalue weighted by molar-refractivity contribution is 0.393. The molecule has 1 unspecified atom stereocenters. The number of hydrogen-bond donors (Lipinski definition) is 0. The van der Waals surface area contributed by atoms with Crippen LogP contribution in [0, 0.1) is 5.92 Å². The van der Waals surface area contributed by atoms with E-state index in [-0.39, 0.29) is 0 Å². The molecule has 0 radical (unpaired) electrons. The highest BCUT2D eigenvalue weighted by molar-refractivity contribution is 4.59. The Hall–Kier alpha value is 0. The van der Waals surface area contributed by atoms with E-state index in [1.54, 1.807) is 0 Å². The van der Waals surface area contributed by atoms with Crippen molar-refractivity contribution in [1.29, 1.82) is 0 Å². The first kappa shape index (κ1) is 27.0. The second-order valence-electron chi connectivity index (χ2n) is 9.22. The molecule has 0 rings (SSSR count). The fraction of sp³-hybridized carbons (Fsp3) is 1.00. The molecule has 0 aliphatic heterocycles. The zero-order valence-corrected chi connectivity index (χ0v) is 19.8. The van der Waals surface area contributed by atoms with Gasteiger partial charge in [0, 0.05) is 0 Å². The predicted octanol–water partition coefficient (Wildman–Crippen LogP) is 10.6. The minimum absolute atomic E-state index is 1.02. The summed E-state index contributed by atoms with van der Waals surface area (Å²) >= 11 is 0. The van der Waals surface area contributed by atoms with Gasteiger partial charge in [0.25, 0.3) is 0 Å². The summed E-state index contributed by atoms with van der Waals surface area (Å²) in [5, 5.41) is 0. The molecule has 0 aliphatic rings. The summed E-state index contributed by atoms with van der Waals surface area (Å²) in [6.07, 6.45) is 33.8. The van der Waals surface area contributed by atoms with E-state index < -0.39 is 0 Å². The normalized spacial score (nSPS) is 12.6. The SMILES string of the molecule is CCCCCCCCCCCCCCCCCC(CC)CCCCCCC. The molecule has 0 heterocycles. The molecular formula is C27H56. The Morgan fingerprint density at radius 2 is 0.593 bits per heavy atom. The van der Waals surface area contributed by atoms with Crippen LogP contribution in [0.2, 0.25) is 0 Å². The van der Waals surface area contributed by atoms with Crippen LogP contribution in [0.5, 0.6) is 0 Å². The van der Waals surface area contributed by atoms with E-state index in [4.69, 9.17) is 0 Å². The lowest BCUT2D eigenvalue weighted by Gasteiger charge is -2.14. The maximum Gasteiger partial charge on any atom is -0.0417 e. The van der Waals surface area contributed by atoms with E-state index in [1.165, 1.54) is 148 Å². The van der Waals surface area contributed by atoms with Crippen LogP contribution in [0.15, 0.2) is 0 Å². The third-order valence-electron chi connectivity index (χ3n) is 6.51. The summed E-state index contributed by atoms with van der Waals surface area (Å²) in [7, 11) is 0. The molecule has 0 nitrogen and oxygen atoms in total. The Balaban J connectivity index is 3.20. The predicted molar refractivity (Wildman–Crippen MR) is 127 cm³/mol. The lowest BCUT2D eigenvalue weighted by Crippen LogP contribution is -1.99. The van der Waals surface area contributed by atoms with E-state index in [9.17, 15) is 0 Å². The Kier molecular flexibility index (Phi) is 24.0. The Morgan fingerprint density at radius 1 is 0.333 bits per heavy atom. The standard InChI is InChI=1S/C27H56/c1-4-7-9-11-12-13-14-15-16-17-18-19-20-22-24-26-27(6-3)25-23-21-10-8-5-2/h27H,4-26H2,1-3H3. The van der Waals surface area contributed by atoms with Gasteiger partial charge in [-0.3, -0.25) is 0 Å². The van der Waals surface area contributed by atoms with E-state index in [0.29, 0.717) is 0 Å². The third-order valence-corrected chi connectivity index (χ3v) is 6.51. The summed E-state index contributed by atoms with van der Waals surface area (Å²) in [6.45, 7) is 7.02. The van der Waals surface area contributed by atoms with Gasteiger partial charge in [0.15, 0.2) is 0 Å². The van der Waals surface area contributed by atoms with Gasteiger partial charge in [0.1, 0.15) is 0 Å². The highest BCUT2D eigenvalue weighted by Gasteiger charge is 2.05. The topological polar surface area (TPSA) is 0 Å². The van der Waals surface area contributed by atoms with Gasteiger partial charge in [-0.2, -0.15) is 0 Å². The van der Waals surface area contributed by atoms with Crippen molar-refractivity contribution in [3.63, 3.8) is 0 Å². The van der Waals surface area contributed by atoms with E-state index >= 15 is 0 Å². The molecule has 27 heavy (non-hydrogen) atoms. The molecule has 0 spiro atoms. The fourth-order valence-corrected chi connectivity index (χ4v) is 4.39. The Morgan fingerprint density at radius 3 is 0.852 bits per heavy atom. The van der Waals surface area contributed by atoms with Gasteiger partial charge in [-0.1, -0.05) is 168 Å². The Bertz CT molecular complexity index is 244. The molecule has 0 bridgehead atoms. The number of rotatable bonds is 23. The summed E-state index contributed by atoms with van der Waals surface area (Å²) in [6, 6.07) is 0. The molecular weight excluding hydrogens is 324 g/mol. The van der Waals surface area contributed by atoms with Crippen LogP contribution in [-0.4, -0.2) is 0 Å². The number of hydrogen-bond acceptors (Lipinski definition) is 0. The molecule has 1 atom stereocenters. The van der Waals surface area contributed by atoms with Crippen molar-refractivity contribution in [3.05, 3.63) is 0 Å². The van der Waals surface area contributed by atoms with Crippen molar-refractivity contribution in [1.82, 2.24) is 0 Å². The molecule has 0 aromatic rings. The van der Waals surface area contributed by atoms with Gasteiger partial charge in [-0.25, -0.2) is 0 Å². The van der Waals surface area contributed by atoms with E-state index in [0.717, 1.165) is 5.92 Å². The van der Waals surface area contributed by atoms with Crippen molar-refractivity contribution in [2.24, 2.45) is 5.92 Å². The van der Waals surface area contributed by atoms with Crippen molar-refractivity contribution in [2.75, 3.05) is 0 Å². The summed E-state index contributed by atoms with van der Waals surface area (Å²) in [5.41, 5.74) is 0. The monoisotopic (exact) mass is 380 g/mol. The molecule has 0 fully saturated rings. The Labute approximate surface area is 174 Å². The highest BCUT2D eigenvalue weighted by Crippen LogP contribution is 2.21. The minimum atomic E-state index is 1.02. The van der Waals surface area contributed by atoms with Crippen LogP contribution in [0.25, 0.3) is 0 Å². The molecule has 0 aromatic carbocycles. The summed E-state index contributed by atoms with van der Waals surface area (Å²) in [5.74, 6) is 1.02. The van der Waals surface area contributed by atoms with Crippen LogP contribution in [0.3, 0.4) is 0 Å². The quantitative estimate of drug-likeness (QED) is 0.155. The summed E-state index contributed by atoms with van der Waals surface area (Å²) < 4.78 is 0. The minimum Gasteiger partial charge on any atom is -0.0654 e. The van der Waals surface area contributed by atoms with E-state index in [2.05, 4.69) is 20.8 Å². The molecule has 0 amide bonds. The van der Waals surface area contributed by atoms with Crippen LogP contribution >= 0.6 is 0 Å². The lowest BCUT2D eigenvalue weighted by atomic mass is 9.92. The first-order chi connectivity index (χ1) is 13.3. The molecule has 0 aliphatic carbocycles. The van der Waals surface area contributed by atoms with Crippen molar-refractivity contribution >= 4 is 0 Å². The van der Waals surface area contributed by atoms with Crippen LogP contribution in [0.4, 0.5) is 0 Å². The third kappa shape index (κ3) is 22.2. The van der Waals surface area contributed by atoms with Gasteiger partial charge in [-0.15, -0.1) is 0 Å². The first-order valence-corrected chi connectivity index (χ1v) is 13.3. The fourth-order valence-electron chi connectivity index (χ4n) is 4.39. The van der Waals surface area contributed by atoms with Gasteiger partial charge in [0.05, 0.1) is 0 Å². The molecule has 0 heteroatoms. The van der Waals surface area contributed by atoms with Crippen LogP contribution < -0.4 is 0 Å². The average Bonchev–Trinajstić information content (AvgIpc) is 2.69. The molecule has 0 saturated heterocycles. The number of unbranched alkanes of at least 4 members (excludes halogenated alkanes) is 18. The van der Waals surface area contributed by atoms with Crippen LogP contribution in [0.1, 0.15) is 168 Å². The zero-order chi connectivity index (χ0) is 19.8. The second-order valence-corrected chi connectivity index (χ2v) is 9.22. The van der Waals surface area contributed by atoms with Gasteiger partial charge >= 0.3 is 0 Å². The zero-order valence-electron chi connectivity index (χ0n) is 19.8. The first-order valence-electron chi connectivity index (χ1n) is 13.3. The van der Waals surface area contributed by atoms with Gasteiger partial charge < -0.3 is 0 Å². The van der Waals surface area contributed by atoms with Gasteiger partial charge in [0.2, 0.25) is 0 Å². The molecule has 164 valence electrons. The second kappa shape index (κ2) is 24.0. The van der Waals surface area contributed by atoms with Crippen LogP contribution in [-0.2, 0) is 0 Å². The maximum atomic E-state index is 2.40. The largest absolute Gasteiger partial charge is 0.0654 e. The maximum absolute atomic E-state index is 2.40. The smallest absolute Gasteiger partial charge is 0.0417 e. The van der Waals surface area contributed by atoms with Crippen molar-refractivity contribution in [2.45, 2.75) is 168 Å². The average molecular weight is 381 g/mol. The highest BCUT2D eigenvalue weighted by atomic mass is 14.1.